The fourth-order valence-electron chi connectivity index (χ4n) is 2.95. The number of nitro groups is 1. The van der Waals surface area contributed by atoms with Gasteiger partial charge in [0, 0.05) is 31.1 Å². The highest BCUT2D eigenvalue weighted by atomic mass is 32.1. The highest BCUT2D eigenvalue weighted by Gasteiger charge is 2.28. The lowest BCUT2D eigenvalue weighted by molar-refractivity contribution is -0.384. The predicted molar refractivity (Wildman–Crippen MR) is 102 cm³/mol. The number of hydrogen-bond donors (Lipinski definition) is 0. The van der Waals surface area contributed by atoms with Gasteiger partial charge in [0.2, 0.25) is 0 Å². The Kier molecular flexibility index (Phi) is 5.50. The second-order valence-electron chi connectivity index (χ2n) is 7.63. The minimum atomic E-state index is -0.510. The van der Waals surface area contributed by atoms with Crippen LogP contribution in [0.15, 0.2) is 18.2 Å². The van der Waals surface area contributed by atoms with Crippen molar-refractivity contribution in [1.29, 1.82) is 0 Å². The summed E-state index contributed by atoms with van der Waals surface area (Å²) < 4.78 is 12.1. The molecule has 2 heterocycles. The van der Waals surface area contributed by atoms with Crippen molar-refractivity contribution in [3.8, 4) is 5.19 Å². The van der Waals surface area contributed by atoms with E-state index in [-0.39, 0.29) is 17.7 Å². The molecule has 2 aromatic rings. The Morgan fingerprint density at radius 1 is 1.44 bits per heavy atom. The molecule has 1 aromatic heterocycles. The maximum atomic E-state index is 12.2. The molecule has 0 aliphatic carbocycles. The zero-order valence-corrected chi connectivity index (χ0v) is 16.5. The standard InChI is InChI=1S/C18H23N3O5S/c1-18(2,3)26-17(22)20-8-4-5-12(10-20)11-25-16-19-14-9-13(21(23)24)6-7-15(14)27-16/h6-7,9,12H,4-5,8,10-11H2,1-3H3. The molecular formula is C18H23N3O5S. The molecule has 1 aromatic carbocycles. The second-order valence-corrected chi connectivity index (χ2v) is 8.63. The first kappa shape index (κ1) is 19.3. The van der Waals surface area contributed by atoms with E-state index in [4.69, 9.17) is 9.47 Å². The lowest BCUT2D eigenvalue weighted by Gasteiger charge is -2.33. The van der Waals surface area contributed by atoms with E-state index in [0.717, 1.165) is 17.5 Å². The number of likely N-dealkylation sites (tertiary alicyclic amines) is 1. The molecular weight excluding hydrogens is 370 g/mol. The number of hydrogen-bond acceptors (Lipinski definition) is 7. The summed E-state index contributed by atoms with van der Waals surface area (Å²) in [5, 5.41) is 11.3. The van der Waals surface area contributed by atoms with Gasteiger partial charge in [0.25, 0.3) is 10.9 Å². The highest BCUT2D eigenvalue weighted by molar-refractivity contribution is 7.20. The summed E-state index contributed by atoms with van der Waals surface area (Å²) in [6.45, 7) is 7.29. The van der Waals surface area contributed by atoms with Gasteiger partial charge in [-0.15, -0.1) is 0 Å². The van der Waals surface area contributed by atoms with E-state index in [1.807, 2.05) is 20.8 Å². The van der Waals surface area contributed by atoms with Crippen molar-refractivity contribution in [2.24, 2.45) is 5.92 Å². The van der Waals surface area contributed by atoms with E-state index < -0.39 is 10.5 Å². The summed E-state index contributed by atoms with van der Waals surface area (Å²) in [6.07, 6.45) is 1.58. The summed E-state index contributed by atoms with van der Waals surface area (Å²) in [6, 6.07) is 4.59. The molecule has 1 unspecified atom stereocenters. The molecule has 1 aliphatic rings. The molecule has 27 heavy (non-hydrogen) atoms. The lowest BCUT2D eigenvalue weighted by atomic mass is 9.99. The number of ether oxygens (including phenoxy) is 2. The number of nitrogens with zero attached hydrogens (tertiary/aromatic N) is 3. The zero-order chi connectivity index (χ0) is 19.6. The summed E-state index contributed by atoms with van der Waals surface area (Å²) in [7, 11) is 0. The molecule has 1 amide bonds. The third-order valence-electron chi connectivity index (χ3n) is 4.18. The van der Waals surface area contributed by atoms with Gasteiger partial charge in [-0.05, 0) is 39.7 Å². The molecule has 3 rings (SSSR count). The molecule has 9 heteroatoms. The maximum Gasteiger partial charge on any atom is 0.410 e. The highest BCUT2D eigenvalue weighted by Crippen LogP contribution is 2.31. The summed E-state index contributed by atoms with van der Waals surface area (Å²) in [5.74, 6) is 0.201. The Morgan fingerprint density at radius 2 is 2.22 bits per heavy atom. The Labute approximate surface area is 161 Å². The van der Waals surface area contributed by atoms with Crippen molar-refractivity contribution in [3.05, 3.63) is 28.3 Å². The Bertz CT molecular complexity index is 845. The molecule has 1 saturated heterocycles. The van der Waals surface area contributed by atoms with Gasteiger partial charge in [0.15, 0.2) is 0 Å². The minimum absolute atomic E-state index is 0.0135. The molecule has 0 N–H and O–H groups in total. The van der Waals surface area contributed by atoms with Crippen molar-refractivity contribution in [2.75, 3.05) is 19.7 Å². The topological polar surface area (TPSA) is 94.8 Å². The largest absolute Gasteiger partial charge is 0.470 e. The van der Waals surface area contributed by atoms with Crippen LogP contribution in [0.1, 0.15) is 33.6 Å². The number of non-ortho nitro benzene ring substituents is 1. The number of aromatic nitrogens is 1. The summed E-state index contributed by atoms with van der Waals surface area (Å²) >= 11 is 1.36. The smallest absolute Gasteiger partial charge is 0.410 e. The molecule has 8 nitrogen and oxygen atoms in total. The second kappa shape index (κ2) is 7.67. The molecule has 146 valence electrons. The third-order valence-corrected chi connectivity index (χ3v) is 5.12. The van der Waals surface area contributed by atoms with Crippen LogP contribution in [0.4, 0.5) is 10.5 Å². The molecule has 0 spiro atoms. The predicted octanol–water partition coefficient (Wildman–Crippen LogP) is 4.23. The van der Waals surface area contributed by atoms with E-state index in [9.17, 15) is 14.9 Å². The molecule has 0 saturated carbocycles. The van der Waals surface area contributed by atoms with Crippen LogP contribution >= 0.6 is 11.3 Å². The quantitative estimate of drug-likeness (QED) is 0.570. The van der Waals surface area contributed by atoms with Crippen LogP contribution in [-0.4, -0.2) is 46.2 Å². The number of fused-ring (bicyclic) bond motifs is 1. The van der Waals surface area contributed by atoms with Crippen molar-refractivity contribution >= 4 is 33.3 Å². The first-order chi connectivity index (χ1) is 12.7. The van der Waals surface area contributed by atoms with Gasteiger partial charge < -0.3 is 14.4 Å². The van der Waals surface area contributed by atoms with Crippen LogP contribution in [0, 0.1) is 16.0 Å². The van der Waals surface area contributed by atoms with Gasteiger partial charge in [0.05, 0.1) is 21.7 Å². The van der Waals surface area contributed by atoms with Crippen LogP contribution in [0.3, 0.4) is 0 Å². The van der Waals surface area contributed by atoms with Crippen LogP contribution in [0.2, 0.25) is 0 Å². The van der Waals surface area contributed by atoms with Crippen molar-refractivity contribution in [1.82, 2.24) is 9.88 Å². The average Bonchev–Trinajstić information content (AvgIpc) is 3.00. The van der Waals surface area contributed by atoms with Crippen LogP contribution < -0.4 is 4.74 Å². The zero-order valence-electron chi connectivity index (χ0n) is 15.6. The number of carbonyl (C=O) groups excluding carboxylic acids is 1. The Hall–Kier alpha value is -2.42. The number of benzene rings is 1. The number of nitro benzene ring substituents is 1. The van der Waals surface area contributed by atoms with Gasteiger partial charge in [-0.1, -0.05) is 11.3 Å². The molecule has 0 bridgehead atoms. The molecule has 1 aliphatic heterocycles. The van der Waals surface area contributed by atoms with E-state index in [1.54, 1.807) is 11.0 Å². The van der Waals surface area contributed by atoms with E-state index in [1.165, 1.54) is 23.5 Å². The fourth-order valence-corrected chi connectivity index (χ4v) is 3.76. The fraction of sp³-hybridized carbons (Fsp3) is 0.556. The van der Waals surface area contributed by atoms with Gasteiger partial charge >= 0.3 is 6.09 Å². The number of rotatable bonds is 4. The third kappa shape index (κ3) is 5.06. The number of amides is 1. The van der Waals surface area contributed by atoms with Gasteiger partial charge in [-0.25, -0.2) is 9.78 Å². The van der Waals surface area contributed by atoms with Gasteiger partial charge in [-0.3, -0.25) is 10.1 Å². The number of thiazole rings is 1. The maximum absolute atomic E-state index is 12.2. The van der Waals surface area contributed by atoms with E-state index in [0.29, 0.717) is 30.4 Å². The van der Waals surface area contributed by atoms with Crippen LogP contribution in [-0.2, 0) is 4.74 Å². The van der Waals surface area contributed by atoms with Crippen molar-refractivity contribution in [3.63, 3.8) is 0 Å². The summed E-state index contributed by atoms with van der Waals surface area (Å²) in [5.41, 5.74) is 0.0623. The summed E-state index contributed by atoms with van der Waals surface area (Å²) in [4.78, 5) is 28.7. The first-order valence-corrected chi connectivity index (χ1v) is 9.68. The van der Waals surface area contributed by atoms with E-state index >= 15 is 0 Å². The Morgan fingerprint density at radius 3 is 2.93 bits per heavy atom. The van der Waals surface area contributed by atoms with Crippen LogP contribution in [0.5, 0.6) is 5.19 Å². The minimum Gasteiger partial charge on any atom is -0.470 e. The van der Waals surface area contributed by atoms with Crippen molar-refractivity contribution in [2.45, 2.75) is 39.2 Å². The molecule has 1 fully saturated rings. The number of piperidine rings is 1. The lowest BCUT2D eigenvalue weighted by Crippen LogP contribution is -2.44. The first-order valence-electron chi connectivity index (χ1n) is 8.87. The van der Waals surface area contributed by atoms with Crippen molar-refractivity contribution < 1.29 is 19.2 Å². The normalized spacial score (nSPS) is 17.7. The van der Waals surface area contributed by atoms with Gasteiger partial charge in [0.1, 0.15) is 5.60 Å². The van der Waals surface area contributed by atoms with Gasteiger partial charge in [-0.2, -0.15) is 0 Å². The monoisotopic (exact) mass is 393 g/mol. The molecule has 1 atom stereocenters. The Balaban J connectivity index is 1.58. The molecule has 0 radical (unpaired) electrons. The van der Waals surface area contributed by atoms with Crippen LogP contribution in [0.25, 0.3) is 10.2 Å². The van der Waals surface area contributed by atoms with E-state index in [2.05, 4.69) is 4.98 Å². The average molecular weight is 393 g/mol. The SMILES string of the molecule is CC(C)(C)OC(=O)N1CCCC(COc2nc3cc([N+](=O)[O-])ccc3s2)C1. The number of carbonyl (C=O) groups is 1.